The number of allylic oxidation sites excluding steroid dienone is 2. The number of carboxylic acid groups (broad SMARTS) is 1. The Morgan fingerprint density at radius 3 is 1.56 bits per heavy atom. The Morgan fingerprint density at radius 2 is 1.12 bits per heavy atom. The molecule has 0 saturated heterocycles. The summed E-state index contributed by atoms with van der Waals surface area (Å²) in [4.78, 5) is 81.7. The molecular weight excluding hydrogens is 833 g/mol. The minimum Gasteiger partial charge on any atom is -0.481 e. The molecule has 0 radical (unpaired) electrons. The van der Waals surface area contributed by atoms with Crippen LogP contribution in [0, 0.1) is 29.6 Å². The number of nitrogens with two attached hydrogens (primary N) is 1. The van der Waals surface area contributed by atoms with Crippen LogP contribution in [-0.4, -0.2) is 64.1 Å². The second-order valence-corrected chi connectivity index (χ2v) is 16.6. The highest BCUT2D eigenvalue weighted by molar-refractivity contribution is 6.20. The van der Waals surface area contributed by atoms with Crippen molar-refractivity contribution in [1.29, 1.82) is 0 Å². The first kappa shape index (κ1) is 51.5. The Balaban J connectivity index is 0.000000238. The number of nitrogens with zero attached hydrogens (tertiary/aromatic N) is 2. The van der Waals surface area contributed by atoms with Crippen LogP contribution < -0.4 is 21.7 Å². The largest absolute Gasteiger partial charge is 0.481 e. The lowest BCUT2D eigenvalue weighted by Gasteiger charge is -2.25. The van der Waals surface area contributed by atoms with Gasteiger partial charge in [-0.3, -0.25) is 33.8 Å². The van der Waals surface area contributed by atoms with Crippen LogP contribution in [0.5, 0.6) is 0 Å². The summed E-state index contributed by atoms with van der Waals surface area (Å²) < 4.78 is 0. The van der Waals surface area contributed by atoms with Crippen molar-refractivity contribution < 1.29 is 33.9 Å². The first-order valence-corrected chi connectivity index (χ1v) is 22.2. The van der Waals surface area contributed by atoms with E-state index in [4.69, 9.17) is 10.8 Å². The van der Waals surface area contributed by atoms with Crippen molar-refractivity contribution >= 4 is 58.1 Å². The molecular formula is C53H62N6O7. The molecule has 6 N–H and O–H groups in total. The molecule has 4 aromatic rings. The van der Waals surface area contributed by atoms with Crippen LogP contribution in [0.15, 0.2) is 144 Å². The van der Waals surface area contributed by atoms with E-state index in [2.05, 4.69) is 39.1 Å². The number of nitrogens with one attached hydrogen (secondary N) is 3. The number of anilines is 2. The number of amides is 3. The van der Waals surface area contributed by atoms with Crippen LogP contribution in [-0.2, 0) is 28.8 Å². The van der Waals surface area contributed by atoms with E-state index in [1.165, 1.54) is 13.8 Å². The van der Waals surface area contributed by atoms with Crippen LogP contribution in [0.2, 0.25) is 0 Å². The Morgan fingerprint density at radius 1 is 0.682 bits per heavy atom. The zero-order valence-electron chi connectivity index (χ0n) is 38.4. The molecule has 2 aliphatic rings. The van der Waals surface area contributed by atoms with Gasteiger partial charge in [0.1, 0.15) is 11.6 Å². The van der Waals surface area contributed by atoms with Gasteiger partial charge in [0, 0.05) is 40.0 Å². The Hall–Kier alpha value is -7.12. The normalized spacial score (nSPS) is 16.8. The van der Waals surface area contributed by atoms with E-state index in [-0.39, 0.29) is 29.3 Å². The third kappa shape index (κ3) is 14.2. The maximum atomic E-state index is 13.2. The van der Waals surface area contributed by atoms with Gasteiger partial charge in [0.25, 0.3) is 11.8 Å². The van der Waals surface area contributed by atoms with Crippen LogP contribution in [0.4, 0.5) is 11.4 Å². The number of para-hydroxylation sites is 2. The molecule has 0 fully saturated rings. The van der Waals surface area contributed by atoms with Gasteiger partial charge in [-0.25, -0.2) is 4.99 Å². The number of aliphatic carboxylic acids is 1. The first-order valence-electron chi connectivity index (χ1n) is 22.2. The van der Waals surface area contributed by atoms with Gasteiger partial charge in [-0.05, 0) is 57.6 Å². The van der Waals surface area contributed by atoms with Crippen molar-refractivity contribution in [3.8, 4) is 0 Å². The van der Waals surface area contributed by atoms with Crippen molar-refractivity contribution in [2.24, 2.45) is 45.3 Å². The second-order valence-electron chi connectivity index (χ2n) is 16.6. The summed E-state index contributed by atoms with van der Waals surface area (Å²) in [6.45, 7) is 16.1. The number of benzene rings is 4. The molecule has 0 saturated carbocycles. The predicted octanol–water partition coefficient (Wildman–Crippen LogP) is 8.39. The molecule has 2 unspecified atom stereocenters. The van der Waals surface area contributed by atoms with E-state index >= 15 is 0 Å². The SMILES string of the molecule is C=CC[C@H](C(C)=O)[C@@H](CC(C)C)C(=O)O.C=CC[C@H](C(C)=O)[C@@H](CCC)C(=O)NC1N=C(c2ccccc2)c2ccccc2NC1=O.NC1N=C(c2ccccc2)c2ccccc2NC1=O. The van der Waals surface area contributed by atoms with Gasteiger partial charge in [0.05, 0.1) is 28.7 Å². The summed E-state index contributed by atoms with van der Waals surface area (Å²) >= 11 is 0. The van der Waals surface area contributed by atoms with Crippen LogP contribution in [0.1, 0.15) is 89.0 Å². The lowest BCUT2D eigenvalue weighted by Crippen LogP contribution is -2.47. The maximum Gasteiger partial charge on any atom is 0.307 e. The number of hydrogen-bond donors (Lipinski definition) is 5. The number of hydrogen-bond acceptors (Lipinski definition) is 9. The maximum absolute atomic E-state index is 13.2. The molecule has 2 aliphatic heterocycles. The summed E-state index contributed by atoms with van der Waals surface area (Å²) in [7, 11) is 0. The van der Waals surface area contributed by atoms with Gasteiger partial charge < -0.3 is 26.8 Å². The molecule has 2 heterocycles. The minimum atomic E-state index is -1.11. The van der Waals surface area contributed by atoms with Gasteiger partial charge in [-0.15, -0.1) is 13.2 Å². The van der Waals surface area contributed by atoms with Crippen molar-refractivity contribution in [2.75, 3.05) is 10.6 Å². The fourth-order valence-electron chi connectivity index (χ4n) is 7.88. The number of carboxylic acids is 1. The highest BCUT2D eigenvalue weighted by Crippen LogP contribution is 2.28. The van der Waals surface area contributed by atoms with E-state index in [1.54, 1.807) is 12.2 Å². The number of Topliss-reactive ketones (excluding diaryl/α,β-unsaturated/α-hetero) is 2. The number of fused-ring (bicyclic) bond motifs is 2. The lowest BCUT2D eigenvalue weighted by molar-refractivity contribution is -0.147. The molecule has 346 valence electrons. The molecule has 0 spiro atoms. The highest BCUT2D eigenvalue weighted by atomic mass is 16.4. The Kier molecular flexibility index (Phi) is 19.8. The molecule has 6 atom stereocenters. The summed E-state index contributed by atoms with van der Waals surface area (Å²) in [5.74, 6) is -3.84. The average Bonchev–Trinajstić information content (AvgIpc) is 3.52. The van der Waals surface area contributed by atoms with E-state index in [0.717, 1.165) is 40.1 Å². The molecule has 4 aromatic carbocycles. The molecule has 13 heteroatoms. The zero-order chi connectivity index (χ0) is 48.3. The van der Waals surface area contributed by atoms with Crippen molar-refractivity contribution in [2.45, 2.75) is 79.1 Å². The topological polar surface area (TPSA) is 209 Å². The number of aliphatic imine (C=N–C) groups is 2. The molecule has 0 aromatic heterocycles. The molecule has 0 aliphatic carbocycles. The van der Waals surface area contributed by atoms with E-state index in [1.807, 2.05) is 130 Å². The third-order valence-electron chi connectivity index (χ3n) is 11.1. The summed E-state index contributed by atoms with van der Waals surface area (Å²) in [6.07, 6.45) is 3.93. The highest BCUT2D eigenvalue weighted by Gasteiger charge is 2.34. The second kappa shape index (κ2) is 25.4. The van der Waals surface area contributed by atoms with Gasteiger partial charge >= 0.3 is 5.97 Å². The molecule has 6 rings (SSSR count). The van der Waals surface area contributed by atoms with E-state index < -0.39 is 47.9 Å². The summed E-state index contributed by atoms with van der Waals surface area (Å²) in [5.41, 5.74) is 12.0. The molecule has 0 bridgehead atoms. The monoisotopic (exact) mass is 894 g/mol. The summed E-state index contributed by atoms with van der Waals surface area (Å²) in [5, 5.41) is 17.5. The summed E-state index contributed by atoms with van der Waals surface area (Å²) in [6, 6.07) is 34.3. The van der Waals surface area contributed by atoms with Crippen molar-refractivity contribution in [3.05, 3.63) is 157 Å². The number of benzodiazepines with no additional fused rings is 2. The standard InChI is InChI=1S/C26H29N3O3.C15H13N3O.C12H20O3/c1-4-11-19(17(3)30)20(12-5-2)25(31)29-24-26(32)27-22-16-10-9-15-21(22)23(28-24)18-13-7-6-8-14-18;16-14-15(19)17-12-9-5-4-8-11(12)13(18-14)10-6-2-1-3-7-10;1-5-6-10(9(4)13)11(12(14)15)7-8(2)3/h4,6-10,13-16,19-20,24H,1,5,11-12H2,2-3H3,(H,27,32)(H,29,31);1-9,14H,16H2,(H,17,19);5,8,10-11H,1,6-7H2,2-4H3,(H,14,15)/t19-,20-,24?;;10-,11-/m1.1/s1. The van der Waals surface area contributed by atoms with Gasteiger partial charge in [-0.2, -0.15) is 0 Å². The van der Waals surface area contributed by atoms with Gasteiger partial charge in [0.2, 0.25) is 12.1 Å². The van der Waals surface area contributed by atoms with Crippen LogP contribution >= 0.6 is 0 Å². The molecule has 13 nitrogen and oxygen atoms in total. The van der Waals surface area contributed by atoms with Crippen LogP contribution in [0.25, 0.3) is 0 Å². The van der Waals surface area contributed by atoms with Gasteiger partial charge in [0.15, 0.2) is 6.17 Å². The fraction of sp³-hybridized carbons (Fsp3) is 0.321. The average molecular weight is 895 g/mol. The zero-order valence-corrected chi connectivity index (χ0v) is 38.4. The fourth-order valence-corrected chi connectivity index (χ4v) is 7.88. The van der Waals surface area contributed by atoms with Crippen molar-refractivity contribution in [1.82, 2.24) is 5.32 Å². The Labute approximate surface area is 387 Å². The minimum absolute atomic E-state index is 0.0651. The smallest absolute Gasteiger partial charge is 0.307 e. The van der Waals surface area contributed by atoms with Gasteiger partial charge in [-0.1, -0.05) is 136 Å². The molecule has 3 amide bonds. The van der Waals surface area contributed by atoms with Crippen molar-refractivity contribution in [3.63, 3.8) is 0 Å². The quantitative estimate of drug-likeness (QED) is 0.0649. The predicted molar refractivity (Wildman–Crippen MR) is 261 cm³/mol. The number of rotatable bonds is 17. The number of carbonyl (C=O) groups is 6. The Bertz CT molecular complexity index is 2410. The van der Waals surface area contributed by atoms with E-state index in [0.29, 0.717) is 37.1 Å². The van der Waals surface area contributed by atoms with Crippen LogP contribution in [0.3, 0.4) is 0 Å². The third-order valence-corrected chi connectivity index (χ3v) is 11.1. The number of carbonyl (C=O) groups excluding carboxylic acids is 5. The van der Waals surface area contributed by atoms with E-state index in [9.17, 15) is 28.8 Å². The number of ketones is 2. The first-order chi connectivity index (χ1) is 31.6. The molecule has 66 heavy (non-hydrogen) atoms. The lowest BCUT2D eigenvalue weighted by atomic mass is 9.81.